The lowest BCUT2D eigenvalue weighted by molar-refractivity contribution is -0.145. The number of benzene rings is 1. The topological polar surface area (TPSA) is 105 Å². The lowest BCUT2D eigenvalue weighted by Gasteiger charge is -2.23. The Labute approximate surface area is 177 Å². The van der Waals surface area contributed by atoms with Crippen molar-refractivity contribution in [1.82, 2.24) is 15.5 Å². The maximum Gasteiger partial charge on any atom is 0.328 e. The number of nitrogens with one attached hydrogen (secondary N) is 2. The smallest absolute Gasteiger partial charge is 0.328 e. The second-order valence-electron chi connectivity index (χ2n) is 8.50. The van der Waals surface area contributed by atoms with Crippen LogP contribution in [0.1, 0.15) is 58.1 Å². The number of rotatable bonds is 8. The SMILES string of the molecule is COC(=O)[C@H](CC(C)C)NC(=O)CN1C(=O)N[C@](C)(c2ccc(C(C)C)cc2)C1=O. The van der Waals surface area contributed by atoms with Crippen LogP contribution in [0.4, 0.5) is 4.79 Å². The third kappa shape index (κ3) is 4.98. The van der Waals surface area contributed by atoms with Crippen LogP contribution in [0.3, 0.4) is 0 Å². The minimum atomic E-state index is -1.26. The standard InChI is InChI=1S/C22H31N3O5/c1-13(2)11-17(19(27)30-6)23-18(26)12-25-20(28)22(5,24-21(25)29)16-9-7-15(8-10-16)14(3)4/h7-10,13-14,17H,11-12H2,1-6H3,(H,23,26)(H,24,29)/t17-,22+/m0/s1. The van der Waals surface area contributed by atoms with E-state index in [1.807, 2.05) is 38.1 Å². The molecule has 0 unspecified atom stereocenters. The highest BCUT2D eigenvalue weighted by Gasteiger charge is 2.49. The van der Waals surface area contributed by atoms with Gasteiger partial charge in [-0.1, -0.05) is 52.0 Å². The summed E-state index contributed by atoms with van der Waals surface area (Å²) >= 11 is 0. The number of urea groups is 1. The lowest BCUT2D eigenvalue weighted by atomic mass is 9.90. The van der Waals surface area contributed by atoms with Gasteiger partial charge in [-0.15, -0.1) is 0 Å². The van der Waals surface area contributed by atoms with Crippen LogP contribution < -0.4 is 10.6 Å². The first-order valence-corrected chi connectivity index (χ1v) is 10.1. The molecular formula is C22H31N3O5. The molecule has 1 aliphatic heterocycles. The van der Waals surface area contributed by atoms with Crippen LogP contribution in [-0.2, 0) is 24.7 Å². The predicted molar refractivity (Wildman–Crippen MR) is 112 cm³/mol. The summed E-state index contributed by atoms with van der Waals surface area (Å²) in [5.41, 5.74) is 0.502. The Kier molecular flexibility index (Phi) is 7.23. The third-order valence-electron chi connectivity index (χ3n) is 5.26. The van der Waals surface area contributed by atoms with Gasteiger partial charge in [-0.05, 0) is 36.3 Å². The quantitative estimate of drug-likeness (QED) is 0.499. The van der Waals surface area contributed by atoms with E-state index in [9.17, 15) is 19.2 Å². The fourth-order valence-corrected chi connectivity index (χ4v) is 3.45. The van der Waals surface area contributed by atoms with E-state index in [4.69, 9.17) is 4.74 Å². The van der Waals surface area contributed by atoms with E-state index < -0.39 is 41.9 Å². The van der Waals surface area contributed by atoms with E-state index in [1.54, 1.807) is 6.92 Å². The summed E-state index contributed by atoms with van der Waals surface area (Å²) in [6.45, 7) is 9.10. The summed E-state index contributed by atoms with van der Waals surface area (Å²) in [7, 11) is 1.25. The van der Waals surface area contributed by atoms with Gasteiger partial charge in [-0.3, -0.25) is 14.5 Å². The summed E-state index contributed by atoms with van der Waals surface area (Å²) < 4.78 is 4.73. The Balaban J connectivity index is 2.13. The summed E-state index contributed by atoms with van der Waals surface area (Å²) in [4.78, 5) is 50.7. The van der Waals surface area contributed by atoms with E-state index in [2.05, 4.69) is 24.5 Å². The Hall–Kier alpha value is -2.90. The summed E-state index contributed by atoms with van der Waals surface area (Å²) in [5.74, 6) is -1.20. The number of ether oxygens (including phenoxy) is 1. The van der Waals surface area contributed by atoms with Gasteiger partial charge in [-0.25, -0.2) is 9.59 Å². The van der Waals surface area contributed by atoms with Crippen molar-refractivity contribution in [3.05, 3.63) is 35.4 Å². The third-order valence-corrected chi connectivity index (χ3v) is 5.26. The van der Waals surface area contributed by atoms with Crippen molar-refractivity contribution in [2.24, 2.45) is 5.92 Å². The summed E-state index contributed by atoms with van der Waals surface area (Å²) in [5, 5.41) is 5.25. The normalized spacial score (nSPS) is 19.8. The van der Waals surface area contributed by atoms with E-state index in [-0.39, 0.29) is 5.92 Å². The maximum atomic E-state index is 13.0. The number of imide groups is 1. The number of amides is 4. The zero-order valence-corrected chi connectivity index (χ0v) is 18.4. The van der Waals surface area contributed by atoms with Gasteiger partial charge in [0.1, 0.15) is 18.1 Å². The minimum absolute atomic E-state index is 0.142. The molecule has 0 bridgehead atoms. The molecule has 164 valence electrons. The van der Waals surface area contributed by atoms with E-state index >= 15 is 0 Å². The minimum Gasteiger partial charge on any atom is -0.467 e. The Morgan fingerprint density at radius 2 is 1.73 bits per heavy atom. The van der Waals surface area contributed by atoms with Crippen LogP contribution in [0.5, 0.6) is 0 Å². The molecule has 1 aromatic carbocycles. The maximum absolute atomic E-state index is 13.0. The van der Waals surface area contributed by atoms with E-state index in [0.29, 0.717) is 17.9 Å². The number of hydrogen-bond acceptors (Lipinski definition) is 5. The first kappa shape index (κ1) is 23.4. The highest BCUT2D eigenvalue weighted by molar-refractivity contribution is 6.09. The number of esters is 1. The van der Waals surface area contributed by atoms with Gasteiger partial charge in [0, 0.05) is 0 Å². The summed E-state index contributed by atoms with van der Waals surface area (Å²) in [6, 6.07) is 5.99. The fraction of sp³-hybridized carbons (Fsp3) is 0.545. The first-order valence-electron chi connectivity index (χ1n) is 10.1. The zero-order valence-electron chi connectivity index (χ0n) is 18.4. The average Bonchev–Trinajstić information content (AvgIpc) is 2.90. The van der Waals surface area contributed by atoms with Crippen LogP contribution in [-0.4, -0.2) is 48.4 Å². The van der Waals surface area contributed by atoms with Gasteiger partial charge in [0.05, 0.1) is 7.11 Å². The Bertz CT molecular complexity index is 819. The highest BCUT2D eigenvalue weighted by Crippen LogP contribution is 2.29. The van der Waals surface area contributed by atoms with Gasteiger partial charge >= 0.3 is 12.0 Å². The van der Waals surface area contributed by atoms with Gasteiger partial charge in [0.2, 0.25) is 5.91 Å². The molecule has 0 saturated carbocycles. The van der Waals surface area contributed by atoms with Gasteiger partial charge < -0.3 is 15.4 Å². The van der Waals surface area contributed by atoms with Crippen LogP contribution in [0.15, 0.2) is 24.3 Å². The number of nitrogens with zero attached hydrogens (tertiary/aromatic N) is 1. The molecule has 0 spiro atoms. The Morgan fingerprint density at radius 1 is 1.13 bits per heavy atom. The largest absolute Gasteiger partial charge is 0.467 e. The molecular weight excluding hydrogens is 386 g/mol. The molecule has 30 heavy (non-hydrogen) atoms. The zero-order chi connectivity index (χ0) is 22.6. The fourth-order valence-electron chi connectivity index (χ4n) is 3.45. The van der Waals surface area contributed by atoms with Gasteiger partial charge in [0.25, 0.3) is 5.91 Å². The second kappa shape index (κ2) is 9.28. The molecule has 0 radical (unpaired) electrons. The molecule has 2 rings (SSSR count). The predicted octanol–water partition coefficient (Wildman–Crippen LogP) is 2.28. The Morgan fingerprint density at radius 3 is 2.23 bits per heavy atom. The van der Waals surface area contributed by atoms with Crippen LogP contribution in [0.25, 0.3) is 0 Å². The van der Waals surface area contributed by atoms with Crippen molar-refractivity contribution >= 4 is 23.8 Å². The first-order chi connectivity index (χ1) is 14.0. The molecule has 8 nitrogen and oxygen atoms in total. The molecule has 1 aliphatic rings. The molecule has 1 fully saturated rings. The van der Waals surface area contributed by atoms with Crippen molar-refractivity contribution in [2.45, 2.75) is 58.5 Å². The van der Waals surface area contributed by atoms with Crippen molar-refractivity contribution in [3.8, 4) is 0 Å². The molecule has 2 atom stereocenters. The molecule has 1 aromatic rings. The van der Waals surface area contributed by atoms with Crippen molar-refractivity contribution in [1.29, 1.82) is 0 Å². The van der Waals surface area contributed by atoms with Crippen LogP contribution >= 0.6 is 0 Å². The molecule has 0 aliphatic carbocycles. The molecule has 1 saturated heterocycles. The average molecular weight is 418 g/mol. The number of hydrogen-bond donors (Lipinski definition) is 2. The number of carbonyl (C=O) groups is 4. The number of carbonyl (C=O) groups excluding carboxylic acids is 4. The molecule has 8 heteroatoms. The summed E-state index contributed by atoms with van der Waals surface area (Å²) in [6.07, 6.45) is 0.387. The van der Waals surface area contributed by atoms with Crippen LogP contribution in [0, 0.1) is 5.92 Å². The molecule has 1 heterocycles. The van der Waals surface area contributed by atoms with Crippen molar-refractivity contribution < 1.29 is 23.9 Å². The molecule has 2 N–H and O–H groups in total. The second-order valence-corrected chi connectivity index (χ2v) is 8.50. The van der Waals surface area contributed by atoms with E-state index in [1.165, 1.54) is 7.11 Å². The monoisotopic (exact) mass is 417 g/mol. The highest BCUT2D eigenvalue weighted by atomic mass is 16.5. The van der Waals surface area contributed by atoms with E-state index in [0.717, 1.165) is 10.5 Å². The molecule has 4 amide bonds. The van der Waals surface area contributed by atoms with Crippen molar-refractivity contribution in [3.63, 3.8) is 0 Å². The number of methoxy groups -OCH3 is 1. The lowest BCUT2D eigenvalue weighted by Crippen LogP contribution is -2.48. The molecule has 0 aromatic heterocycles. The van der Waals surface area contributed by atoms with Gasteiger partial charge in [-0.2, -0.15) is 0 Å². The van der Waals surface area contributed by atoms with Gasteiger partial charge in [0.15, 0.2) is 0 Å². The van der Waals surface area contributed by atoms with Crippen LogP contribution in [0.2, 0.25) is 0 Å². The van der Waals surface area contributed by atoms with Crippen molar-refractivity contribution in [2.75, 3.05) is 13.7 Å².